The predicted molar refractivity (Wildman–Crippen MR) is 125 cm³/mol. The van der Waals surface area contributed by atoms with E-state index in [4.69, 9.17) is 22.9 Å². The van der Waals surface area contributed by atoms with E-state index in [1.54, 1.807) is 36.4 Å². The van der Waals surface area contributed by atoms with Gasteiger partial charge in [0.25, 0.3) is 0 Å². The molecule has 0 heterocycles. The Morgan fingerprint density at radius 2 is 0.867 bits per heavy atom. The summed E-state index contributed by atoms with van der Waals surface area (Å²) in [5, 5.41) is 0. The summed E-state index contributed by atoms with van der Waals surface area (Å²) in [6, 6.07) is 17.8. The molecular weight excluding hydrogens is 423 g/mol. The molecule has 8 heteroatoms. The van der Waals surface area contributed by atoms with E-state index in [0.29, 0.717) is 46.5 Å². The van der Waals surface area contributed by atoms with Gasteiger partial charge >= 0.3 is 0 Å². The number of carbonyl (C=O) groups excluding carboxylic acids is 2. The van der Waals surface area contributed by atoms with Gasteiger partial charge in [-0.1, -0.05) is 24.3 Å². The summed E-state index contributed by atoms with van der Waals surface area (Å²) in [6.45, 7) is 0. The van der Waals surface area contributed by atoms with Crippen molar-refractivity contribution in [2.24, 2.45) is 11.5 Å². The quantitative estimate of drug-likeness (QED) is 0.432. The van der Waals surface area contributed by atoms with Crippen molar-refractivity contribution in [3.63, 3.8) is 0 Å². The average molecular weight is 447 g/mol. The van der Waals surface area contributed by atoms with Gasteiger partial charge in [-0.25, -0.2) is 0 Å². The van der Waals surface area contributed by atoms with Crippen LogP contribution in [0.15, 0.2) is 60.7 Å². The Labute approximate surface area is 187 Å². The molecule has 30 heavy (non-hydrogen) atoms. The van der Waals surface area contributed by atoms with Gasteiger partial charge in [-0.05, 0) is 71.5 Å². The van der Waals surface area contributed by atoms with Crippen LogP contribution in [-0.4, -0.2) is 11.8 Å². The highest BCUT2D eigenvalue weighted by molar-refractivity contribution is 5.99. The summed E-state index contributed by atoms with van der Waals surface area (Å²) >= 11 is 0. The predicted octanol–water partition coefficient (Wildman–Crippen LogP) is 3.07. The molecule has 3 aromatic rings. The molecule has 0 saturated carbocycles. The maximum Gasteiger partial charge on any atom is 0.248 e. The molecule has 3 aromatic carbocycles. The smallest absolute Gasteiger partial charge is 0.248 e. The number of primary amides is 2. The maximum atomic E-state index is 12.1. The molecule has 0 fully saturated rings. The molecule has 3 rings (SSSR count). The van der Waals surface area contributed by atoms with E-state index in [-0.39, 0.29) is 24.8 Å². The van der Waals surface area contributed by atoms with Gasteiger partial charge in [0, 0.05) is 22.5 Å². The van der Waals surface area contributed by atoms with Gasteiger partial charge in [-0.15, -0.1) is 24.8 Å². The lowest BCUT2D eigenvalue weighted by Crippen LogP contribution is -2.20. The molecule has 158 valence electrons. The fourth-order valence-electron chi connectivity index (χ4n) is 3.24. The van der Waals surface area contributed by atoms with E-state index in [0.717, 1.165) is 11.1 Å². The minimum absolute atomic E-state index is 0. The van der Waals surface area contributed by atoms with Crippen molar-refractivity contribution in [3.8, 4) is 0 Å². The number of hydrogen-bond donors (Lipinski definition) is 4. The zero-order chi connectivity index (χ0) is 20.3. The van der Waals surface area contributed by atoms with Crippen molar-refractivity contribution < 1.29 is 9.59 Å². The van der Waals surface area contributed by atoms with Gasteiger partial charge in [0.2, 0.25) is 11.8 Å². The van der Waals surface area contributed by atoms with Crippen molar-refractivity contribution in [2.75, 3.05) is 11.5 Å². The Morgan fingerprint density at radius 1 is 0.567 bits per heavy atom. The fourth-order valence-corrected chi connectivity index (χ4v) is 3.24. The Bertz CT molecular complexity index is 952. The van der Waals surface area contributed by atoms with Crippen LogP contribution >= 0.6 is 24.8 Å². The van der Waals surface area contributed by atoms with Gasteiger partial charge < -0.3 is 22.9 Å². The lowest BCUT2D eigenvalue weighted by molar-refractivity contribution is 0.0987. The first-order valence-electron chi connectivity index (χ1n) is 8.78. The summed E-state index contributed by atoms with van der Waals surface area (Å²) < 4.78 is 0. The molecule has 8 N–H and O–H groups in total. The summed E-state index contributed by atoms with van der Waals surface area (Å²) in [5.74, 6) is -1.11. The number of halogens is 2. The molecule has 0 spiro atoms. The number of benzene rings is 3. The highest BCUT2D eigenvalue weighted by Gasteiger charge is 2.20. The van der Waals surface area contributed by atoms with Crippen LogP contribution in [0.3, 0.4) is 0 Å². The number of rotatable bonds is 6. The van der Waals surface area contributed by atoms with E-state index in [1.807, 2.05) is 24.3 Å². The molecule has 0 radical (unpaired) electrons. The normalized spacial score (nSPS) is 9.87. The summed E-state index contributed by atoms with van der Waals surface area (Å²) in [5.41, 5.74) is 28.0. The standard InChI is InChI=1S/C22H22N4O2.2ClH/c23-15-5-1-13(2-6-15)11-19-17(21(25)27)9-10-18(22(26)28)20(19)12-14-3-7-16(24)8-4-14;;/h1-10H,11-12,23-24H2,(H2,25,27)(H2,26,28);2*1H. The molecule has 6 nitrogen and oxygen atoms in total. The van der Waals surface area contributed by atoms with Crippen LogP contribution in [0, 0.1) is 0 Å². The number of anilines is 2. The first kappa shape index (κ1) is 24.8. The van der Waals surface area contributed by atoms with Gasteiger partial charge in [0.15, 0.2) is 0 Å². The Morgan fingerprint density at radius 3 is 1.13 bits per heavy atom. The molecule has 0 bridgehead atoms. The van der Waals surface area contributed by atoms with Crippen LogP contribution in [0.5, 0.6) is 0 Å². The van der Waals surface area contributed by atoms with E-state index in [2.05, 4.69) is 0 Å². The molecular formula is C22H24Cl2N4O2. The van der Waals surface area contributed by atoms with Crippen LogP contribution in [0.25, 0.3) is 0 Å². The van der Waals surface area contributed by atoms with Crippen LogP contribution in [0.4, 0.5) is 11.4 Å². The van der Waals surface area contributed by atoms with Crippen LogP contribution in [-0.2, 0) is 12.8 Å². The van der Waals surface area contributed by atoms with Crippen LogP contribution < -0.4 is 22.9 Å². The van der Waals surface area contributed by atoms with Crippen molar-refractivity contribution in [1.29, 1.82) is 0 Å². The van der Waals surface area contributed by atoms with E-state index in [9.17, 15) is 9.59 Å². The van der Waals surface area contributed by atoms with Crippen molar-refractivity contribution in [1.82, 2.24) is 0 Å². The highest BCUT2D eigenvalue weighted by atomic mass is 35.5. The van der Waals surface area contributed by atoms with Crippen LogP contribution in [0.2, 0.25) is 0 Å². The van der Waals surface area contributed by atoms with Crippen molar-refractivity contribution >= 4 is 48.0 Å². The van der Waals surface area contributed by atoms with E-state index >= 15 is 0 Å². The Balaban J connectivity index is 0.00000225. The van der Waals surface area contributed by atoms with Crippen LogP contribution in [0.1, 0.15) is 43.0 Å². The minimum Gasteiger partial charge on any atom is -0.399 e. The third-order valence-electron chi connectivity index (χ3n) is 4.68. The van der Waals surface area contributed by atoms with Crippen molar-refractivity contribution in [3.05, 3.63) is 94.0 Å². The lowest BCUT2D eigenvalue weighted by Gasteiger charge is -2.17. The topological polar surface area (TPSA) is 138 Å². The third-order valence-corrected chi connectivity index (χ3v) is 4.68. The molecule has 0 aliphatic rings. The monoisotopic (exact) mass is 446 g/mol. The number of nitrogen functional groups attached to an aromatic ring is 2. The summed E-state index contributed by atoms with van der Waals surface area (Å²) in [4.78, 5) is 24.1. The van der Waals surface area contributed by atoms with Gasteiger partial charge in [-0.2, -0.15) is 0 Å². The molecule has 0 aromatic heterocycles. The van der Waals surface area contributed by atoms with Crippen molar-refractivity contribution in [2.45, 2.75) is 12.8 Å². The molecule has 2 amide bonds. The Kier molecular flexibility index (Phi) is 8.71. The first-order chi connectivity index (χ1) is 13.3. The third kappa shape index (κ3) is 5.65. The van der Waals surface area contributed by atoms with E-state index in [1.165, 1.54) is 0 Å². The molecule has 0 aliphatic carbocycles. The maximum absolute atomic E-state index is 12.1. The second-order valence-corrected chi connectivity index (χ2v) is 6.68. The van der Waals surface area contributed by atoms with E-state index < -0.39 is 11.8 Å². The zero-order valence-electron chi connectivity index (χ0n) is 16.1. The number of hydrogen-bond acceptors (Lipinski definition) is 4. The summed E-state index contributed by atoms with van der Waals surface area (Å²) in [6.07, 6.45) is 0.841. The largest absolute Gasteiger partial charge is 0.399 e. The first-order valence-corrected chi connectivity index (χ1v) is 8.78. The SMILES string of the molecule is Cl.Cl.NC(=O)c1ccc(C(N)=O)c(Cc2ccc(N)cc2)c1Cc1ccc(N)cc1. The second-order valence-electron chi connectivity index (χ2n) is 6.68. The number of carbonyl (C=O) groups is 2. The second kappa shape index (κ2) is 10.5. The fraction of sp³-hybridized carbons (Fsp3) is 0.0909. The molecule has 0 aliphatic heterocycles. The highest BCUT2D eigenvalue weighted by Crippen LogP contribution is 2.26. The minimum atomic E-state index is -0.556. The Hall–Kier alpha value is -3.22. The molecule has 0 atom stereocenters. The van der Waals surface area contributed by atoms with Gasteiger partial charge in [0.1, 0.15) is 0 Å². The van der Waals surface area contributed by atoms with Gasteiger partial charge in [-0.3, -0.25) is 9.59 Å². The number of nitrogens with two attached hydrogens (primary N) is 4. The molecule has 0 saturated heterocycles. The lowest BCUT2D eigenvalue weighted by atomic mass is 9.87. The summed E-state index contributed by atoms with van der Waals surface area (Å²) in [7, 11) is 0. The number of amides is 2. The molecule has 0 unspecified atom stereocenters. The van der Waals surface area contributed by atoms with Gasteiger partial charge in [0.05, 0.1) is 0 Å². The average Bonchev–Trinajstić information content (AvgIpc) is 2.66. The zero-order valence-corrected chi connectivity index (χ0v) is 17.8.